The van der Waals surface area contributed by atoms with E-state index in [1.165, 1.54) is 4.90 Å². The quantitative estimate of drug-likeness (QED) is 0.330. The Morgan fingerprint density at radius 1 is 0.879 bits per heavy atom. The van der Waals surface area contributed by atoms with Gasteiger partial charge in [-0.1, -0.05) is 42.5 Å². The molecule has 0 bridgehead atoms. The summed E-state index contributed by atoms with van der Waals surface area (Å²) in [6.45, 7) is 6.30. The Balaban J connectivity index is 1.76. The second-order valence-electron chi connectivity index (χ2n) is 8.59. The minimum Gasteiger partial charge on any atom is -0.490 e. The molecule has 3 aromatic rings. The van der Waals surface area contributed by atoms with Gasteiger partial charge < -0.3 is 14.6 Å². The van der Waals surface area contributed by atoms with Gasteiger partial charge in [0.05, 0.1) is 6.04 Å². The second kappa shape index (κ2) is 10.7. The van der Waals surface area contributed by atoms with Crippen LogP contribution in [0.2, 0.25) is 0 Å². The Bertz CT molecular complexity index is 1060. The van der Waals surface area contributed by atoms with Gasteiger partial charge in [0.25, 0.3) is 0 Å². The van der Waals surface area contributed by atoms with Gasteiger partial charge in [-0.05, 0) is 68.3 Å². The number of aldehydes is 1. The molecule has 1 amide bonds. The molecule has 0 saturated carbocycles. The van der Waals surface area contributed by atoms with Crippen molar-refractivity contribution >= 4 is 12.4 Å². The lowest BCUT2D eigenvalue weighted by molar-refractivity contribution is 0.0809. The molecular formula is C27H29NO5. The van der Waals surface area contributed by atoms with Crippen LogP contribution in [0.1, 0.15) is 48.3 Å². The molecule has 3 aromatic carbocycles. The molecular weight excluding hydrogens is 418 g/mol. The summed E-state index contributed by atoms with van der Waals surface area (Å²) in [4.78, 5) is 24.5. The average Bonchev–Trinajstić information content (AvgIpc) is 2.80. The van der Waals surface area contributed by atoms with Gasteiger partial charge in [-0.15, -0.1) is 0 Å². The number of carbonyl (C=O) groups excluding carboxylic acids is 1. The van der Waals surface area contributed by atoms with E-state index in [1.54, 1.807) is 24.3 Å². The van der Waals surface area contributed by atoms with E-state index < -0.39 is 17.7 Å². The molecule has 0 aliphatic rings. The van der Waals surface area contributed by atoms with Gasteiger partial charge in [-0.2, -0.15) is 0 Å². The Hall–Kier alpha value is -3.80. The second-order valence-corrected chi connectivity index (χ2v) is 8.59. The van der Waals surface area contributed by atoms with Gasteiger partial charge in [-0.3, -0.25) is 9.69 Å². The molecule has 6 nitrogen and oxygen atoms in total. The van der Waals surface area contributed by atoms with Crippen LogP contribution in [0.15, 0.2) is 78.9 Å². The Kier molecular flexibility index (Phi) is 7.72. The zero-order valence-electron chi connectivity index (χ0n) is 19.1. The third-order valence-electron chi connectivity index (χ3n) is 5.11. The van der Waals surface area contributed by atoms with Crippen LogP contribution < -0.4 is 9.47 Å². The molecule has 172 valence electrons. The van der Waals surface area contributed by atoms with Crippen LogP contribution in [0, 0.1) is 0 Å². The first-order valence-corrected chi connectivity index (χ1v) is 10.8. The van der Waals surface area contributed by atoms with Gasteiger partial charge in [-0.25, -0.2) is 4.79 Å². The fraction of sp³-hybridized carbons (Fsp3) is 0.259. The van der Waals surface area contributed by atoms with Crippen molar-refractivity contribution in [2.24, 2.45) is 0 Å². The van der Waals surface area contributed by atoms with E-state index in [-0.39, 0.29) is 0 Å². The Morgan fingerprint density at radius 3 is 2.06 bits per heavy atom. The number of hydrogen-bond acceptors (Lipinski definition) is 4. The van der Waals surface area contributed by atoms with Crippen LogP contribution in [0.25, 0.3) is 0 Å². The molecule has 1 atom stereocenters. The average molecular weight is 448 g/mol. The lowest BCUT2D eigenvalue weighted by Crippen LogP contribution is -2.47. The van der Waals surface area contributed by atoms with E-state index in [0.717, 1.165) is 17.4 Å². The van der Waals surface area contributed by atoms with Gasteiger partial charge >= 0.3 is 6.09 Å². The molecule has 0 heterocycles. The van der Waals surface area contributed by atoms with Gasteiger partial charge in [0.15, 0.2) is 0 Å². The van der Waals surface area contributed by atoms with Gasteiger partial charge in [0.1, 0.15) is 31.0 Å². The third kappa shape index (κ3) is 6.35. The van der Waals surface area contributed by atoms with Gasteiger partial charge in [0, 0.05) is 11.1 Å². The first-order chi connectivity index (χ1) is 15.8. The molecule has 33 heavy (non-hydrogen) atoms. The van der Waals surface area contributed by atoms with Crippen molar-refractivity contribution in [1.29, 1.82) is 0 Å². The summed E-state index contributed by atoms with van der Waals surface area (Å²) in [6.07, 6.45) is -0.204. The highest BCUT2D eigenvalue weighted by Crippen LogP contribution is 2.35. The molecule has 0 aliphatic carbocycles. The molecule has 3 rings (SSSR count). The minimum absolute atomic E-state index is 0.316. The number of ether oxygens (including phenoxy) is 2. The van der Waals surface area contributed by atoms with Crippen LogP contribution in [0.3, 0.4) is 0 Å². The molecule has 6 heteroatoms. The van der Waals surface area contributed by atoms with E-state index in [4.69, 9.17) is 9.47 Å². The fourth-order valence-electron chi connectivity index (χ4n) is 3.65. The number of rotatable bonds is 9. The molecule has 1 unspecified atom stereocenters. The maximum Gasteiger partial charge on any atom is 0.408 e. The molecule has 0 spiro atoms. The van der Waals surface area contributed by atoms with Crippen molar-refractivity contribution in [3.05, 3.63) is 95.6 Å². The number of amides is 1. The lowest BCUT2D eigenvalue weighted by atomic mass is 9.92. The molecule has 0 fully saturated rings. The number of hydrogen-bond donors (Lipinski definition) is 1. The highest BCUT2D eigenvalue weighted by Gasteiger charge is 2.35. The number of nitrogens with zero attached hydrogens (tertiary/aromatic N) is 1. The van der Waals surface area contributed by atoms with Crippen LogP contribution in [0.5, 0.6) is 11.5 Å². The van der Waals surface area contributed by atoms with Crippen molar-refractivity contribution in [2.75, 3.05) is 13.2 Å². The topological polar surface area (TPSA) is 76.1 Å². The minimum atomic E-state index is -0.989. The molecule has 1 N–H and O–H groups in total. The maximum atomic E-state index is 12.3. The fourth-order valence-corrected chi connectivity index (χ4v) is 3.65. The third-order valence-corrected chi connectivity index (χ3v) is 5.11. The van der Waals surface area contributed by atoms with E-state index in [0.29, 0.717) is 30.3 Å². The van der Waals surface area contributed by atoms with Crippen LogP contribution >= 0.6 is 0 Å². The molecule has 0 aliphatic heterocycles. The summed E-state index contributed by atoms with van der Waals surface area (Å²) in [5.74, 6) is 1.29. The van der Waals surface area contributed by atoms with E-state index in [2.05, 4.69) is 0 Å². The van der Waals surface area contributed by atoms with Crippen molar-refractivity contribution in [1.82, 2.24) is 4.90 Å². The predicted octanol–water partition coefficient (Wildman–Crippen LogP) is 5.82. The highest BCUT2D eigenvalue weighted by atomic mass is 16.5. The molecule has 0 radical (unpaired) electrons. The molecule has 0 saturated heterocycles. The lowest BCUT2D eigenvalue weighted by Gasteiger charge is -2.40. The van der Waals surface area contributed by atoms with Crippen molar-refractivity contribution in [3.8, 4) is 11.5 Å². The largest absolute Gasteiger partial charge is 0.490 e. The summed E-state index contributed by atoms with van der Waals surface area (Å²) in [5, 5.41) is 10.0. The summed E-state index contributed by atoms with van der Waals surface area (Å²) in [7, 11) is 0. The smallest absolute Gasteiger partial charge is 0.408 e. The highest BCUT2D eigenvalue weighted by molar-refractivity contribution is 5.74. The van der Waals surface area contributed by atoms with Gasteiger partial charge in [0.2, 0.25) is 0 Å². The monoisotopic (exact) mass is 447 g/mol. The summed E-state index contributed by atoms with van der Waals surface area (Å²) in [5.41, 5.74) is 1.68. The van der Waals surface area contributed by atoms with E-state index in [1.807, 2.05) is 75.4 Å². The Labute approximate surface area is 194 Å². The van der Waals surface area contributed by atoms with E-state index >= 15 is 0 Å². The summed E-state index contributed by atoms with van der Waals surface area (Å²) >= 11 is 0. The summed E-state index contributed by atoms with van der Waals surface area (Å²) < 4.78 is 11.5. The number of carbonyl (C=O) groups is 2. The normalized spacial score (nSPS) is 12.0. The number of benzene rings is 3. The standard InChI is InChI=1S/C27H29NO5/c1-27(2,3)28(26(30)31)25(21-8-5-4-6-9-21)22-10-7-11-24(18-22)33-17-16-32-23-14-12-20(19-29)13-15-23/h4-15,18-19,25H,16-17H2,1-3H3,(H,30,31). The van der Waals surface area contributed by atoms with Crippen LogP contribution in [-0.4, -0.2) is 41.1 Å². The summed E-state index contributed by atoms with van der Waals surface area (Å²) in [6, 6.07) is 23.5. The van der Waals surface area contributed by atoms with Crippen LogP contribution in [-0.2, 0) is 0 Å². The first-order valence-electron chi connectivity index (χ1n) is 10.8. The Morgan fingerprint density at radius 2 is 1.48 bits per heavy atom. The predicted molar refractivity (Wildman–Crippen MR) is 127 cm³/mol. The van der Waals surface area contributed by atoms with Crippen molar-refractivity contribution in [3.63, 3.8) is 0 Å². The van der Waals surface area contributed by atoms with Crippen LogP contribution in [0.4, 0.5) is 4.79 Å². The zero-order chi connectivity index (χ0) is 23.8. The zero-order valence-corrected chi connectivity index (χ0v) is 19.1. The van der Waals surface area contributed by atoms with Crippen molar-refractivity contribution in [2.45, 2.75) is 32.4 Å². The van der Waals surface area contributed by atoms with Crippen molar-refractivity contribution < 1.29 is 24.2 Å². The SMILES string of the molecule is CC(C)(C)N(C(=O)O)C(c1ccccc1)c1cccc(OCCOc2ccc(C=O)cc2)c1. The molecule has 0 aromatic heterocycles. The first kappa shape index (κ1) is 23.9. The van der Waals surface area contributed by atoms with E-state index in [9.17, 15) is 14.7 Å². The maximum absolute atomic E-state index is 12.3. The number of carboxylic acid groups (broad SMARTS) is 1.